The molecule has 4 aromatic heterocycles. The third-order valence-electron chi connectivity index (χ3n) is 7.59. The molecule has 0 saturated heterocycles. The summed E-state index contributed by atoms with van der Waals surface area (Å²) in [5.74, 6) is 4.40. The van der Waals surface area contributed by atoms with Gasteiger partial charge < -0.3 is 16.0 Å². The predicted molar refractivity (Wildman–Crippen MR) is 238 cm³/mol. The van der Waals surface area contributed by atoms with Crippen LogP contribution in [0.1, 0.15) is 112 Å². The Balaban J connectivity index is 0.000000424. The largest absolute Gasteiger partial charge is 0.385 e. The van der Waals surface area contributed by atoms with E-state index in [0.717, 1.165) is 69.9 Å². The van der Waals surface area contributed by atoms with E-state index in [9.17, 15) is 4.79 Å². The van der Waals surface area contributed by atoms with Crippen LogP contribution in [0.25, 0.3) is 21.8 Å². The standard InChI is InChI=1S/C17H21N3S2.C13H19N5.C12H14N2O.CH4/c1-13(2)16-8-7-15(12-20-16)14(3)18-10-11-21-22-17-6-4-5-9-19-17;1-10(2)13-6-5-12(9-16-13)11(3)15-7-4-8-17-18-14;1-4-7-13-12(15)10-5-6-11(9(2)3)14-8-10;/h4-9,12-13,18H,3,10-11H2,1-2H3;5-6,9-10,15H,3-4,7-8H2,1-2H3;1,5-6,8-9H,7H2,2-3H3,(H,13,15);1H4. The van der Waals surface area contributed by atoms with Crippen LogP contribution in [-0.4, -0.2) is 57.8 Å². The summed E-state index contributed by atoms with van der Waals surface area (Å²) in [6.45, 7) is 23.0. The van der Waals surface area contributed by atoms with Gasteiger partial charge >= 0.3 is 0 Å². The van der Waals surface area contributed by atoms with Crippen molar-refractivity contribution in [3.63, 3.8) is 0 Å². The van der Waals surface area contributed by atoms with Crippen molar-refractivity contribution in [2.75, 3.05) is 31.9 Å². The van der Waals surface area contributed by atoms with Crippen molar-refractivity contribution in [2.24, 2.45) is 5.11 Å². The Morgan fingerprint density at radius 1 is 0.786 bits per heavy atom. The van der Waals surface area contributed by atoms with Gasteiger partial charge in [0.15, 0.2) is 0 Å². The Bertz CT molecular complexity index is 1820. The number of carbonyl (C=O) groups is 1. The molecule has 0 saturated carbocycles. The fourth-order valence-corrected chi connectivity index (χ4v) is 6.13. The maximum Gasteiger partial charge on any atom is 0.253 e. The van der Waals surface area contributed by atoms with Crippen LogP contribution < -0.4 is 16.0 Å². The number of hydrogen-bond donors (Lipinski definition) is 3. The lowest BCUT2D eigenvalue weighted by molar-refractivity contribution is 0.0958. The molecular weight excluding hydrogens is 737 g/mol. The quantitative estimate of drug-likeness (QED) is 0.0223. The molecule has 0 aromatic carbocycles. The van der Waals surface area contributed by atoms with E-state index in [0.29, 0.717) is 29.9 Å². The predicted octanol–water partition coefficient (Wildman–Crippen LogP) is 10.3. The van der Waals surface area contributed by atoms with E-state index in [1.807, 2.05) is 55.0 Å². The molecule has 0 atom stereocenters. The number of carbonyl (C=O) groups excluding carboxylic acids is 1. The van der Waals surface area contributed by atoms with Crippen LogP contribution >= 0.6 is 21.6 Å². The third kappa shape index (κ3) is 19.4. The molecule has 11 nitrogen and oxygen atoms in total. The van der Waals surface area contributed by atoms with E-state index in [-0.39, 0.29) is 19.9 Å². The van der Waals surface area contributed by atoms with Crippen LogP contribution in [0, 0.1) is 12.3 Å². The summed E-state index contributed by atoms with van der Waals surface area (Å²) >= 11 is 0. The number of nitrogens with one attached hydrogen (secondary N) is 3. The first-order chi connectivity index (χ1) is 26.5. The minimum atomic E-state index is -0.184. The second-order valence-corrected chi connectivity index (χ2v) is 15.4. The molecule has 0 aliphatic carbocycles. The Kier molecular flexibility index (Phi) is 24.5. The number of amides is 1. The fraction of sp³-hybridized carbons (Fsp3) is 0.372. The zero-order valence-electron chi connectivity index (χ0n) is 32.8. The number of rotatable bonds is 18. The zero-order valence-corrected chi connectivity index (χ0v) is 34.5. The van der Waals surface area contributed by atoms with Gasteiger partial charge in [-0.15, -0.1) is 6.42 Å². The van der Waals surface area contributed by atoms with Gasteiger partial charge in [-0.2, -0.15) is 0 Å². The van der Waals surface area contributed by atoms with Gasteiger partial charge in [0.2, 0.25) is 0 Å². The van der Waals surface area contributed by atoms with E-state index in [1.165, 1.54) is 0 Å². The first-order valence-electron chi connectivity index (χ1n) is 18.1. The lowest BCUT2D eigenvalue weighted by Gasteiger charge is -2.10. The molecule has 4 aromatic rings. The lowest BCUT2D eigenvalue weighted by atomic mass is 10.1. The highest BCUT2D eigenvalue weighted by Crippen LogP contribution is 2.28. The van der Waals surface area contributed by atoms with Crippen LogP contribution in [0.5, 0.6) is 0 Å². The van der Waals surface area contributed by atoms with Crippen LogP contribution in [0.2, 0.25) is 0 Å². The molecule has 298 valence electrons. The maximum absolute atomic E-state index is 11.4. The number of nitrogens with zero attached hydrogens (tertiary/aromatic N) is 7. The van der Waals surface area contributed by atoms with Gasteiger partial charge in [0.05, 0.1) is 12.1 Å². The minimum Gasteiger partial charge on any atom is -0.385 e. The molecule has 4 rings (SSSR count). The van der Waals surface area contributed by atoms with Crippen molar-refractivity contribution in [3.8, 4) is 12.3 Å². The Morgan fingerprint density at radius 3 is 1.73 bits per heavy atom. The van der Waals surface area contributed by atoms with Crippen LogP contribution in [0.15, 0.2) is 103 Å². The molecule has 0 aliphatic heterocycles. The summed E-state index contributed by atoms with van der Waals surface area (Å²) in [5, 5.41) is 13.6. The van der Waals surface area contributed by atoms with Gasteiger partial charge in [0.25, 0.3) is 5.91 Å². The summed E-state index contributed by atoms with van der Waals surface area (Å²) in [7, 11) is 3.48. The molecule has 13 heteroatoms. The highest BCUT2D eigenvalue weighted by atomic mass is 33.1. The second-order valence-electron chi connectivity index (χ2n) is 13.0. The fourth-order valence-electron chi connectivity index (χ4n) is 4.35. The summed E-state index contributed by atoms with van der Waals surface area (Å²) < 4.78 is 0. The van der Waals surface area contributed by atoms with Crippen molar-refractivity contribution in [3.05, 3.63) is 137 Å². The van der Waals surface area contributed by atoms with Gasteiger partial charge in [-0.25, -0.2) is 4.98 Å². The molecule has 56 heavy (non-hydrogen) atoms. The summed E-state index contributed by atoms with van der Waals surface area (Å²) in [5.41, 5.74) is 15.6. The van der Waals surface area contributed by atoms with E-state index >= 15 is 0 Å². The molecule has 1 amide bonds. The second kappa shape index (κ2) is 28.2. The molecule has 3 N–H and O–H groups in total. The maximum atomic E-state index is 11.4. The summed E-state index contributed by atoms with van der Waals surface area (Å²) in [6.07, 6.45) is 12.9. The van der Waals surface area contributed by atoms with E-state index in [2.05, 4.69) is 119 Å². The number of hydrogen-bond acceptors (Lipinski definition) is 10. The molecule has 0 bridgehead atoms. The van der Waals surface area contributed by atoms with Crippen molar-refractivity contribution >= 4 is 38.9 Å². The monoisotopic (exact) mass is 794 g/mol. The zero-order chi connectivity index (χ0) is 40.4. The van der Waals surface area contributed by atoms with Crippen molar-refractivity contribution in [1.82, 2.24) is 35.9 Å². The SMILES string of the molecule is C.C#CCNC(=O)c1ccc(C(C)C)nc1.C=C(NCCCN=[N+]=[N-])c1ccc(C(C)C)nc1.C=C(NCCSSc1ccccn1)c1ccc(C(C)C)nc1. The van der Waals surface area contributed by atoms with Crippen LogP contribution in [0.4, 0.5) is 0 Å². The Morgan fingerprint density at radius 2 is 1.30 bits per heavy atom. The highest BCUT2D eigenvalue weighted by molar-refractivity contribution is 8.76. The average Bonchev–Trinajstić information content (AvgIpc) is 3.20. The number of aromatic nitrogens is 4. The average molecular weight is 795 g/mol. The lowest BCUT2D eigenvalue weighted by Crippen LogP contribution is -2.23. The van der Waals surface area contributed by atoms with Crippen molar-refractivity contribution < 1.29 is 4.79 Å². The summed E-state index contributed by atoms with van der Waals surface area (Å²) in [6, 6.07) is 17.8. The molecule has 0 unspecified atom stereocenters. The van der Waals surface area contributed by atoms with Gasteiger partial charge in [0, 0.05) is 94.7 Å². The molecule has 0 spiro atoms. The van der Waals surface area contributed by atoms with Crippen LogP contribution in [0.3, 0.4) is 0 Å². The first kappa shape index (κ1) is 48.7. The molecular formula is C43H58N10OS2. The highest BCUT2D eigenvalue weighted by Gasteiger charge is 2.07. The molecule has 0 aliphatic rings. The van der Waals surface area contributed by atoms with E-state index in [4.69, 9.17) is 12.0 Å². The number of terminal acetylenes is 1. The topological polar surface area (TPSA) is 153 Å². The van der Waals surface area contributed by atoms with E-state index in [1.54, 1.807) is 33.9 Å². The van der Waals surface area contributed by atoms with E-state index < -0.39 is 0 Å². The molecule has 4 heterocycles. The van der Waals surface area contributed by atoms with Crippen LogP contribution in [-0.2, 0) is 0 Å². The molecule has 0 radical (unpaired) electrons. The van der Waals surface area contributed by atoms with Gasteiger partial charge in [0.1, 0.15) is 5.03 Å². The Hall–Kier alpha value is -5.28. The van der Waals surface area contributed by atoms with Gasteiger partial charge in [-0.1, -0.05) is 90.0 Å². The first-order valence-corrected chi connectivity index (χ1v) is 20.5. The van der Waals surface area contributed by atoms with Crippen molar-refractivity contribution in [2.45, 2.75) is 78.2 Å². The Labute approximate surface area is 342 Å². The van der Waals surface area contributed by atoms with Crippen molar-refractivity contribution in [1.29, 1.82) is 0 Å². The normalized spacial score (nSPS) is 10.0. The number of pyridine rings is 4. The smallest absolute Gasteiger partial charge is 0.253 e. The summed E-state index contributed by atoms with van der Waals surface area (Å²) in [4.78, 5) is 31.5. The number of azide groups is 1. The third-order valence-corrected chi connectivity index (χ3v) is 9.85. The van der Waals surface area contributed by atoms with Gasteiger partial charge in [-0.05, 0) is 89.0 Å². The molecule has 0 fully saturated rings. The minimum absolute atomic E-state index is 0. The van der Waals surface area contributed by atoms with Gasteiger partial charge in [-0.3, -0.25) is 19.7 Å².